The molecule has 100 valence electrons. The SMILES string of the molecule is CCc1nnc(NC(=O)CS(=O)C(C)C(=O)O)s1. The van der Waals surface area contributed by atoms with Crippen molar-refractivity contribution in [1.82, 2.24) is 10.2 Å². The second kappa shape index (κ2) is 6.55. The largest absolute Gasteiger partial charge is 0.480 e. The van der Waals surface area contributed by atoms with Gasteiger partial charge in [-0.25, -0.2) is 0 Å². The molecule has 1 aromatic rings. The summed E-state index contributed by atoms with van der Waals surface area (Å²) in [6, 6.07) is 0. The van der Waals surface area contributed by atoms with Gasteiger partial charge in [0.05, 0.1) is 0 Å². The van der Waals surface area contributed by atoms with Gasteiger partial charge in [-0.2, -0.15) is 0 Å². The smallest absolute Gasteiger partial charge is 0.318 e. The number of carboxylic acids is 1. The first-order valence-electron chi connectivity index (χ1n) is 5.16. The molecule has 0 fully saturated rings. The lowest BCUT2D eigenvalue weighted by Crippen LogP contribution is -2.29. The van der Waals surface area contributed by atoms with Crippen molar-refractivity contribution in [3.63, 3.8) is 0 Å². The Morgan fingerprint density at radius 1 is 1.50 bits per heavy atom. The average molecular weight is 291 g/mol. The molecule has 2 unspecified atom stereocenters. The van der Waals surface area contributed by atoms with Gasteiger partial charge in [-0.1, -0.05) is 18.3 Å². The van der Waals surface area contributed by atoms with Gasteiger partial charge in [0.1, 0.15) is 16.0 Å². The maximum absolute atomic E-state index is 11.5. The lowest BCUT2D eigenvalue weighted by atomic mass is 10.5. The molecule has 0 radical (unpaired) electrons. The second-order valence-corrected chi connectivity index (χ2v) is 6.23. The van der Waals surface area contributed by atoms with Gasteiger partial charge >= 0.3 is 5.97 Å². The first-order chi connectivity index (χ1) is 8.43. The van der Waals surface area contributed by atoms with E-state index in [0.717, 1.165) is 11.4 Å². The molecule has 2 atom stereocenters. The van der Waals surface area contributed by atoms with Crippen molar-refractivity contribution in [3.05, 3.63) is 5.01 Å². The molecular weight excluding hydrogens is 278 g/mol. The van der Waals surface area contributed by atoms with E-state index in [2.05, 4.69) is 15.5 Å². The van der Waals surface area contributed by atoms with E-state index in [1.54, 1.807) is 0 Å². The highest BCUT2D eigenvalue weighted by atomic mass is 32.2. The Kier molecular flexibility index (Phi) is 5.35. The number of nitrogens with zero attached hydrogens (tertiary/aromatic N) is 2. The second-order valence-electron chi connectivity index (χ2n) is 3.41. The minimum absolute atomic E-state index is 0.330. The number of aromatic nitrogens is 2. The van der Waals surface area contributed by atoms with Gasteiger partial charge in [-0.3, -0.25) is 19.1 Å². The molecule has 1 heterocycles. The number of carbonyl (C=O) groups excluding carboxylic acids is 1. The zero-order valence-electron chi connectivity index (χ0n) is 9.87. The summed E-state index contributed by atoms with van der Waals surface area (Å²) in [5, 5.41) is 18.7. The van der Waals surface area contributed by atoms with Crippen LogP contribution in [0.4, 0.5) is 5.13 Å². The number of carbonyl (C=O) groups is 2. The molecule has 0 saturated carbocycles. The number of nitrogens with one attached hydrogen (secondary N) is 1. The predicted octanol–water partition coefficient (Wildman–Crippen LogP) is 0.261. The van der Waals surface area contributed by atoms with Gasteiger partial charge in [-0.15, -0.1) is 10.2 Å². The van der Waals surface area contributed by atoms with Crippen LogP contribution in [0.25, 0.3) is 0 Å². The summed E-state index contributed by atoms with van der Waals surface area (Å²) in [4.78, 5) is 22.1. The third-order valence-corrected chi connectivity index (χ3v) is 4.55. The molecule has 0 bridgehead atoms. The van der Waals surface area contributed by atoms with E-state index in [4.69, 9.17) is 5.11 Å². The molecule has 1 rings (SSSR count). The summed E-state index contributed by atoms with van der Waals surface area (Å²) in [6.45, 7) is 3.21. The molecule has 2 N–H and O–H groups in total. The topological polar surface area (TPSA) is 109 Å². The van der Waals surface area contributed by atoms with Crippen LogP contribution in [-0.2, 0) is 26.8 Å². The summed E-state index contributed by atoms with van der Waals surface area (Å²) in [7, 11) is -1.75. The molecule has 1 aromatic heterocycles. The van der Waals surface area contributed by atoms with Gasteiger partial charge in [0, 0.05) is 10.8 Å². The van der Waals surface area contributed by atoms with Crippen LogP contribution in [0.2, 0.25) is 0 Å². The van der Waals surface area contributed by atoms with E-state index in [0.29, 0.717) is 5.13 Å². The molecule has 0 aliphatic rings. The summed E-state index contributed by atoms with van der Waals surface area (Å²) < 4.78 is 11.5. The summed E-state index contributed by atoms with van der Waals surface area (Å²) in [5.41, 5.74) is 0. The van der Waals surface area contributed by atoms with Crippen LogP contribution >= 0.6 is 11.3 Å². The Hall–Kier alpha value is -1.35. The van der Waals surface area contributed by atoms with Crippen LogP contribution in [0, 0.1) is 0 Å². The quantitative estimate of drug-likeness (QED) is 0.778. The summed E-state index contributed by atoms with van der Waals surface area (Å²) in [6.07, 6.45) is 0.718. The highest BCUT2D eigenvalue weighted by Crippen LogP contribution is 2.15. The molecule has 18 heavy (non-hydrogen) atoms. The van der Waals surface area contributed by atoms with Gasteiger partial charge in [0.15, 0.2) is 0 Å². The van der Waals surface area contributed by atoms with E-state index < -0.39 is 27.9 Å². The molecule has 0 aliphatic carbocycles. The maximum atomic E-state index is 11.5. The lowest BCUT2D eigenvalue weighted by molar-refractivity contribution is -0.136. The number of rotatable bonds is 6. The van der Waals surface area contributed by atoms with Crippen LogP contribution in [0.5, 0.6) is 0 Å². The number of hydrogen-bond acceptors (Lipinski definition) is 6. The van der Waals surface area contributed by atoms with Crippen molar-refractivity contribution in [2.75, 3.05) is 11.1 Å². The Bertz CT molecular complexity index is 474. The van der Waals surface area contributed by atoms with E-state index in [9.17, 15) is 13.8 Å². The Labute approximate surface area is 110 Å². The molecule has 1 amide bonds. The average Bonchev–Trinajstić information content (AvgIpc) is 2.75. The lowest BCUT2D eigenvalue weighted by Gasteiger charge is -2.05. The van der Waals surface area contributed by atoms with Crippen LogP contribution in [-0.4, -0.2) is 42.4 Å². The molecule has 0 aromatic carbocycles. The van der Waals surface area contributed by atoms with Crippen LogP contribution in [0.3, 0.4) is 0 Å². The van der Waals surface area contributed by atoms with Gasteiger partial charge in [0.25, 0.3) is 0 Å². The molecule has 9 heteroatoms. The normalized spacial score (nSPS) is 13.9. The zero-order valence-corrected chi connectivity index (χ0v) is 11.5. The first-order valence-corrected chi connectivity index (χ1v) is 7.36. The van der Waals surface area contributed by atoms with Crippen LogP contribution < -0.4 is 5.32 Å². The highest BCUT2D eigenvalue weighted by molar-refractivity contribution is 7.87. The number of carboxylic acid groups (broad SMARTS) is 1. The third-order valence-electron chi connectivity index (χ3n) is 2.03. The minimum Gasteiger partial charge on any atom is -0.480 e. The fraction of sp³-hybridized carbons (Fsp3) is 0.556. The van der Waals surface area contributed by atoms with Crippen molar-refractivity contribution >= 4 is 39.1 Å². The maximum Gasteiger partial charge on any atom is 0.318 e. The first kappa shape index (κ1) is 14.7. The zero-order chi connectivity index (χ0) is 13.7. The van der Waals surface area contributed by atoms with Crippen molar-refractivity contribution in [3.8, 4) is 0 Å². The van der Waals surface area contributed by atoms with E-state index in [1.165, 1.54) is 18.3 Å². The fourth-order valence-corrected chi connectivity index (χ4v) is 2.47. The Morgan fingerprint density at radius 2 is 2.17 bits per heavy atom. The van der Waals surface area contributed by atoms with E-state index >= 15 is 0 Å². The third kappa shape index (κ3) is 4.15. The van der Waals surface area contributed by atoms with Gasteiger partial charge in [0.2, 0.25) is 11.0 Å². The van der Waals surface area contributed by atoms with Crippen molar-refractivity contribution in [1.29, 1.82) is 0 Å². The predicted molar refractivity (Wildman–Crippen MR) is 68.0 cm³/mol. The monoisotopic (exact) mass is 291 g/mol. The highest BCUT2D eigenvalue weighted by Gasteiger charge is 2.21. The van der Waals surface area contributed by atoms with Gasteiger partial charge < -0.3 is 5.11 Å². The van der Waals surface area contributed by atoms with Crippen LogP contribution in [0.1, 0.15) is 18.9 Å². The standard InChI is InChI=1S/C9H13N3O4S2/c1-3-7-11-12-9(17-7)10-6(13)4-18(16)5(2)8(14)15/h5H,3-4H2,1-2H3,(H,14,15)(H,10,12,13). The molecule has 0 saturated heterocycles. The molecule has 0 aliphatic heterocycles. The van der Waals surface area contributed by atoms with Gasteiger partial charge in [-0.05, 0) is 13.3 Å². The van der Waals surface area contributed by atoms with Crippen molar-refractivity contribution < 1.29 is 18.9 Å². The molecule has 0 spiro atoms. The fourth-order valence-electron chi connectivity index (χ4n) is 0.969. The summed E-state index contributed by atoms with van der Waals surface area (Å²) >= 11 is 1.23. The van der Waals surface area contributed by atoms with E-state index in [1.807, 2.05) is 6.92 Å². The van der Waals surface area contributed by atoms with E-state index in [-0.39, 0.29) is 5.75 Å². The number of hydrogen-bond donors (Lipinski definition) is 2. The van der Waals surface area contributed by atoms with Crippen molar-refractivity contribution in [2.45, 2.75) is 25.5 Å². The minimum atomic E-state index is -1.75. The Morgan fingerprint density at radius 3 is 2.67 bits per heavy atom. The number of amides is 1. The molecule has 7 nitrogen and oxygen atoms in total. The number of aliphatic carboxylic acids is 1. The van der Waals surface area contributed by atoms with Crippen molar-refractivity contribution in [2.24, 2.45) is 0 Å². The molecular formula is C9H13N3O4S2. The Balaban J connectivity index is 2.51. The van der Waals surface area contributed by atoms with Crippen LogP contribution in [0.15, 0.2) is 0 Å². The number of aryl methyl sites for hydroxylation is 1. The summed E-state index contributed by atoms with van der Waals surface area (Å²) in [5.74, 6) is -2.08. The number of anilines is 1.